The van der Waals surface area contributed by atoms with Gasteiger partial charge in [0.25, 0.3) is 17.7 Å². The summed E-state index contributed by atoms with van der Waals surface area (Å²) in [6.07, 6.45) is 1.89. The fraction of sp³-hybridized carbons (Fsp3) is 0.333. The Morgan fingerprint density at radius 2 is 1.73 bits per heavy atom. The fourth-order valence-electron chi connectivity index (χ4n) is 6.82. The molecule has 0 saturated carbocycles. The monoisotopic (exact) mass is 750 g/mol. The molecule has 1 atom stereocenters. The molecular formula is C36H38N12O7. The van der Waals surface area contributed by atoms with Crippen LogP contribution in [0, 0.1) is 0 Å². The fourth-order valence-corrected chi connectivity index (χ4v) is 6.82. The van der Waals surface area contributed by atoms with E-state index in [-0.39, 0.29) is 53.5 Å². The summed E-state index contributed by atoms with van der Waals surface area (Å²) in [4.78, 5) is 85.7. The van der Waals surface area contributed by atoms with Gasteiger partial charge >= 0.3 is 0 Å². The number of hydrogen-bond acceptors (Lipinski definition) is 14. The van der Waals surface area contributed by atoms with E-state index in [1.165, 1.54) is 20.2 Å². The Labute approximate surface area is 314 Å². The highest BCUT2D eigenvalue weighted by Crippen LogP contribution is 2.37. The Hall–Kier alpha value is -6.76. The maximum atomic E-state index is 13.3. The zero-order valence-electron chi connectivity index (χ0n) is 30.3. The van der Waals surface area contributed by atoms with E-state index >= 15 is 0 Å². The van der Waals surface area contributed by atoms with Crippen molar-refractivity contribution in [1.82, 2.24) is 45.4 Å². The van der Waals surface area contributed by atoms with E-state index < -0.39 is 35.6 Å². The molecule has 2 saturated heterocycles. The highest BCUT2D eigenvalue weighted by molar-refractivity contribution is 6.23. The number of piperazine rings is 1. The van der Waals surface area contributed by atoms with Gasteiger partial charge < -0.3 is 25.6 Å². The van der Waals surface area contributed by atoms with Gasteiger partial charge in [0.1, 0.15) is 12.4 Å². The van der Waals surface area contributed by atoms with Crippen LogP contribution in [0.3, 0.4) is 0 Å². The van der Waals surface area contributed by atoms with Gasteiger partial charge in [-0.1, -0.05) is 6.07 Å². The van der Waals surface area contributed by atoms with Crippen LogP contribution < -0.4 is 30.9 Å². The van der Waals surface area contributed by atoms with E-state index in [4.69, 9.17) is 4.74 Å². The third-order valence-electron chi connectivity index (χ3n) is 9.65. The number of aromatic nitrogens is 5. The lowest BCUT2D eigenvalue weighted by atomic mass is 10.0. The van der Waals surface area contributed by atoms with Crippen LogP contribution in [0.5, 0.6) is 5.75 Å². The average Bonchev–Trinajstić information content (AvgIpc) is 3.73. The van der Waals surface area contributed by atoms with Gasteiger partial charge in [-0.15, -0.1) is 10.2 Å². The number of nitrogens with zero attached hydrogens (tertiary/aromatic N) is 8. The van der Waals surface area contributed by atoms with Crippen LogP contribution >= 0.6 is 0 Å². The molecule has 55 heavy (non-hydrogen) atoms. The van der Waals surface area contributed by atoms with Crippen molar-refractivity contribution in [3.05, 3.63) is 65.6 Å². The van der Waals surface area contributed by atoms with Crippen LogP contribution in [0.1, 0.15) is 50.5 Å². The van der Waals surface area contributed by atoms with Crippen LogP contribution in [0.25, 0.3) is 11.4 Å². The smallest absolute Gasteiger partial charge is 0.273 e. The second-order valence-corrected chi connectivity index (χ2v) is 13.1. The predicted octanol–water partition coefficient (Wildman–Crippen LogP) is 0.936. The molecule has 0 radical (unpaired) electrons. The maximum Gasteiger partial charge on any atom is 0.273 e. The second kappa shape index (κ2) is 15.3. The van der Waals surface area contributed by atoms with Gasteiger partial charge in [0.05, 0.1) is 35.2 Å². The molecule has 3 aliphatic rings. The van der Waals surface area contributed by atoms with Crippen molar-refractivity contribution >= 4 is 58.3 Å². The summed E-state index contributed by atoms with van der Waals surface area (Å²) in [7, 11) is 4.75. The van der Waals surface area contributed by atoms with Gasteiger partial charge in [0, 0.05) is 71.4 Å². The molecule has 284 valence electrons. The average molecular weight is 751 g/mol. The lowest BCUT2D eigenvalue weighted by Gasteiger charge is -2.36. The van der Waals surface area contributed by atoms with E-state index in [0.29, 0.717) is 55.5 Å². The quantitative estimate of drug-likeness (QED) is 0.157. The summed E-state index contributed by atoms with van der Waals surface area (Å²) in [6, 6.07) is 10.9. The SMILES string of the molecule is CNC(=O)c1nnc(NC(=O)CCN2CCN(c3ccc4c(c3)C(=O)N(C3CCC(=O)NC3=O)C4=O)CC2)cc1Nc1cccc(-c2ncn(C)n2)c1OC. The van der Waals surface area contributed by atoms with Crippen molar-refractivity contribution in [3.63, 3.8) is 0 Å². The lowest BCUT2D eigenvalue weighted by Crippen LogP contribution is -2.54. The van der Waals surface area contributed by atoms with E-state index in [1.807, 2.05) is 6.07 Å². The normalized spacial score (nSPS) is 17.2. The Morgan fingerprint density at radius 1 is 0.945 bits per heavy atom. The molecule has 6 amide bonds. The van der Waals surface area contributed by atoms with Crippen molar-refractivity contribution < 1.29 is 33.5 Å². The molecule has 4 N–H and O–H groups in total. The van der Waals surface area contributed by atoms with Gasteiger partial charge in [0.15, 0.2) is 23.1 Å². The van der Waals surface area contributed by atoms with E-state index in [1.54, 1.807) is 48.4 Å². The highest BCUT2D eigenvalue weighted by Gasteiger charge is 2.44. The summed E-state index contributed by atoms with van der Waals surface area (Å²) in [5.74, 6) is -1.91. The Bertz CT molecular complexity index is 2210. The number of hydrogen-bond donors (Lipinski definition) is 4. The maximum absolute atomic E-state index is 13.3. The second-order valence-electron chi connectivity index (χ2n) is 13.1. The number of amides is 6. The number of anilines is 4. The molecule has 19 nitrogen and oxygen atoms in total. The largest absolute Gasteiger partial charge is 0.494 e. The zero-order chi connectivity index (χ0) is 38.8. The zero-order valence-corrected chi connectivity index (χ0v) is 30.3. The Morgan fingerprint density at radius 3 is 2.44 bits per heavy atom. The minimum absolute atomic E-state index is 0.00719. The number of para-hydroxylation sites is 1. The number of imide groups is 2. The van der Waals surface area contributed by atoms with Gasteiger partial charge in [-0.05, 0) is 36.8 Å². The van der Waals surface area contributed by atoms with Crippen molar-refractivity contribution in [2.45, 2.75) is 25.3 Å². The number of methoxy groups -OCH3 is 1. The summed E-state index contributed by atoms with van der Waals surface area (Å²) in [5.41, 5.74) is 2.65. The molecule has 5 heterocycles. The minimum atomic E-state index is -1.02. The molecule has 2 fully saturated rings. The van der Waals surface area contributed by atoms with E-state index in [2.05, 4.69) is 51.3 Å². The molecule has 1 unspecified atom stereocenters. The van der Waals surface area contributed by atoms with Crippen LogP contribution in [0.15, 0.2) is 48.8 Å². The number of carbonyl (C=O) groups excluding carboxylic acids is 6. The first kappa shape index (κ1) is 36.6. The third kappa shape index (κ3) is 7.41. The van der Waals surface area contributed by atoms with Crippen molar-refractivity contribution in [2.75, 3.05) is 62.4 Å². The number of carbonyl (C=O) groups is 6. The number of nitrogens with one attached hydrogen (secondary N) is 4. The number of ether oxygens (including phenoxy) is 1. The molecule has 2 aromatic heterocycles. The van der Waals surface area contributed by atoms with E-state index in [0.717, 1.165) is 10.6 Å². The summed E-state index contributed by atoms with van der Waals surface area (Å²) in [6.45, 7) is 2.98. The summed E-state index contributed by atoms with van der Waals surface area (Å²) >= 11 is 0. The van der Waals surface area contributed by atoms with Crippen LogP contribution in [0.2, 0.25) is 0 Å². The molecule has 19 heteroatoms. The lowest BCUT2D eigenvalue weighted by molar-refractivity contribution is -0.136. The van der Waals surface area contributed by atoms with Crippen molar-refractivity contribution in [2.24, 2.45) is 7.05 Å². The molecule has 2 aromatic carbocycles. The molecule has 3 aliphatic heterocycles. The molecule has 0 aliphatic carbocycles. The number of piperidine rings is 1. The third-order valence-corrected chi connectivity index (χ3v) is 9.65. The summed E-state index contributed by atoms with van der Waals surface area (Å²) in [5, 5.41) is 23.3. The van der Waals surface area contributed by atoms with Crippen LogP contribution in [-0.2, 0) is 21.4 Å². The molecule has 7 rings (SSSR count). The van der Waals surface area contributed by atoms with Crippen LogP contribution in [0.4, 0.5) is 22.9 Å². The number of rotatable bonds is 11. The van der Waals surface area contributed by atoms with Gasteiger partial charge in [-0.25, -0.2) is 4.98 Å². The molecule has 0 spiro atoms. The van der Waals surface area contributed by atoms with Crippen molar-refractivity contribution in [3.8, 4) is 17.1 Å². The van der Waals surface area contributed by atoms with Gasteiger partial charge in [-0.2, -0.15) is 5.10 Å². The van der Waals surface area contributed by atoms with Crippen LogP contribution in [-0.4, -0.2) is 123 Å². The van der Waals surface area contributed by atoms with Gasteiger partial charge in [-0.3, -0.25) is 48.6 Å². The summed E-state index contributed by atoms with van der Waals surface area (Å²) < 4.78 is 7.27. The minimum Gasteiger partial charge on any atom is -0.494 e. The van der Waals surface area contributed by atoms with Gasteiger partial charge in [0.2, 0.25) is 17.7 Å². The Kier molecular flexibility index (Phi) is 10.2. The number of aryl methyl sites for hydroxylation is 1. The topological polar surface area (TPSA) is 226 Å². The first-order chi connectivity index (χ1) is 26.5. The first-order valence-corrected chi connectivity index (χ1v) is 17.6. The first-order valence-electron chi connectivity index (χ1n) is 17.6. The molecular weight excluding hydrogens is 712 g/mol. The molecule has 4 aromatic rings. The predicted molar refractivity (Wildman–Crippen MR) is 197 cm³/mol. The highest BCUT2D eigenvalue weighted by atomic mass is 16.5. The van der Waals surface area contributed by atoms with E-state index in [9.17, 15) is 28.8 Å². The standard InChI is InChI=1S/C36H38N12O7/c1-37-34(52)30-25(39-24-6-4-5-22(31(24)55-3)32-38-19-45(2)44-32)18-27(42-43-30)40-29(50)11-12-46-13-15-47(16-14-46)20-7-8-21-23(17-20)36(54)48(35(21)53)26-9-10-28(49)41-33(26)51/h4-8,17-19,26H,9-16H2,1-3H3,(H,37,52)(H,41,49,51)(H2,39,40,42,50). The number of benzene rings is 2. The Balaban J connectivity index is 0.957. The molecule has 0 bridgehead atoms. The van der Waals surface area contributed by atoms with Crippen molar-refractivity contribution in [1.29, 1.82) is 0 Å². The number of fused-ring (bicyclic) bond motifs is 1.